The van der Waals surface area contributed by atoms with Crippen molar-refractivity contribution in [2.24, 2.45) is 0 Å². The molecule has 29 heavy (non-hydrogen) atoms. The number of nitrogens with zero attached hydrogens (tertiary/aromatic N) is 2. The Morgan fingerprint density at radius 2 is 1.83 bits per heavy atom. The number of benzene rings is 1. The first-order chi connectivity index (χ1) is 14.0. The van der Waals surface area contributed by atoms with Crippen molar-refractivity contribution in [1.82, 2.24) is 9.88 Å². The first-order valence-corrected chi connectivity index (χ1v) is 10.6. The summed E-state index contributed by atoms with van der Waals surface area (Å²) in [6.07, 6.45) is 4.74. The smallest absolute Gasteiger partial charge is 0.224 e. The van der Waals surface area contributed by atoms with Crippen molar-refractivity contribution in [2.45, 2.75) is 45.4 Å². The lowest BCUT2D eigenvalue weighted by Gasteiger charge is -2.20. The van der Waals surface area contributed by atoms with E-state index in [1.165, 1.54) is 25.4 Å². The van der Waals surface area contributed by atoms with Gasteiger partial charge in [0, 0.05) is 44.6 Å². The van der Waals surface area contributed by atoms with Gasteiger partial charge in [-0.05, 0) is 18.9 Å². The molecule has 0 saturated carbocycles. The Hall–Kier alpha value is -2.68. The molecule has 0 unspecified atom stereocenters. The lowest BCUT2D eigenvalue weighted by Crippen LogP contribution is -2.32. The molecule has 1 aromatic heterocycles. The summed E-state index contributed by atoms with van der Waals surface area (Å²) in [5.41, 5.74) is 1.19. The van der Waals surface area contributed by atoms with Gasteiger partial charge in [-0.2, -0.15) is 0 Å². The third-order valence-corrected chi connectivity index (χ3v) is 5.69. The zero-order chi connectivity index (χ0) is 20.8. The van der Waals surface area contributed by atoms with Gasteiger partial charge in [0.2, 0.25) is 17.7 Å². The Bertz CT molecular complexity index is 903. The molecule has 3 amide bonds. The summed E-state index contributed by atoms with van der Waals surface area (Å²) in [4.78, 5) is 42.2. The number of carbonyl (C=O) groups is 3. The molecular weight excluding hydrogens is 392 g/mol. The van der Waals surface area contributed by atoms with Crippen molar-refractivity contribution >= 4 is 50.1 Å². The fraction of sp³-hybridized carbons (Fsp3) is 0.500. The van der Waals surface area contributed by atoms with Gasteiger partial charge < -0.3 is 20.3 Å². The predicted octanol–water partition coefficient (Wildman–Crippen LogP) is 3.38. The number of amides is 3. The average molecular weight is 419 g/mol. The molecule has 2 N–H and O–H groups in total. The number of anilines is 2. The SMILES string of the molecule is COc1cc(NC(=O)CCC(=O)N2CCCCCC2)cc2sc(NC(C)=O)nc12. The number of thiazole rings is 1. The van der Waals surface area contributed by atoms with E-state index in [1.54, 1.807) is 12.1 Å². The molecule has 0 spiro atoms. The van der Waals surface area contributed by atoms with Crippen LogP contribution in [0.5, 0.6) is 5.75 Å². The summed E-state index contributed by atoms with van der Waals surface area (Å²) in [6, 6.07) is 3.48. The maximum Gasteiger partial charge on any atom is 0.224 e. The van der Waals surface area contributed by atoms with E-state index < -0.39 is 0 Å². The highest BCUT2D eigenvalue weighted by atomic mass is 32.1. The van der Waals surface area contributed by atoms with E-state index >= 15 is 0 Å². The third-order valence-electron chi connectivity index (χ3n) is 4.77. The minimum absolute atomic E-state index is 0.0393. The van der Waals surface area contributed by atoms with Crippen molar-refractivity contribution in [1.29, 1.82) is 0 Å². The van der Waals surface area contributed by atoms with Gasteiger partial charge in [-0.15, -0.1) is 0 Å². The van der Waals surface area contributed by atoms with Crippen LogP contribution in [0.1, 0.15) is 45.4 Å². The second kappa shape index (κ2) is 9.69. The molecule has 0 bridgehead atoms. The Labute approximate surface area is 173 Å². The summed E-state index contributed by atoms with van der Waals surface area (Å²) in [5.74, 6) is 0.121. The van der Waals surface area contributed by atoms with Crippen LogP contribution in [0.4, 0.5) is 10.8 Å². The maximum atomic E-state index is 12.4. The molecule has 1 aromatic carbocycles. The number of methoxy groups -OCH3 is 1. The highest BCUT2D eigenvalue weighted by Crippen LogP contribution is 2.35. The third kappa shape index (κ3) is 5.66. The van der Waals surface area contributed by atoms with Crippen LogP contribution in [0.25, 0.3) is 10.2 Å². The Kier molecular flexibility index (Phi) is 7.03. The van der Waals surface area contributed by atoms with Gasteiger partial charge in [0.15, 0.2) is 5.13 Å². The molecule has 0 radical (unpaired) electrons. The molecule has 3 rings (SSSR count). The summed E-state index contributed by atoms with van der Waals surface area (Å²) in [6.45, 7) is 2.99. The number of hydrogen-bond donors (Lipinski definition) is 2. The second-order valence-electron chi connectivity index (χ2n) is 7.07. The first kappa shape index (κ1) is 21.0. The van der Waals surface area contributed by atoms with E-state index in [9.17, 15) is 14.4 Å². The lowest BCUT2D eigenvalue weighted by molar-refractivity contribution is -0.132. The number of likely N-dealkylation sites (tertiary alicyclic amines) is 1. The number of hydrogen-bond acceptors (Lipinski definition) is 6. The number of rotatable bonds is 6. The van der Waals surface area contributed by atoms with Crippen LogP contribution in [0, 0.1) is 0 Å². The molecule has 1 fully saturated rings. The molecule has 156 valence electrons. The molecule has 0 atom stereocenters. The molecule has 0 aliphatic carbocycles. The molecule has 1 saturated heterocycles. The van der Waals surface area contributed by atoms with Gasteiger partial charge in [-0.1, -0.05) is 24.2 Å². The van der Waals surface area contributed by atoms with Gasteiger partial charge in [0.25, 0.3) is 0 Å². The van der Waals surface area contributed by atoms with Gasteiger partial charge in [0.05, 0.1) is 11.8 Å². The van der Waals surface area contributed by atoms with Crippen LogP contribution < -0.4 is 15.4 Å². The van der Waals surface area contributed by atoms with Gasteiger partial charge in [0.1, 0.15) is 11.3 Å². The molecule has 2 heterocycles. The van der Waals surface area contributed by atoms with Crippen molar-refractivity contribution in [3.05, 3.63) is 12.1 Å². The van der Waals surface area contributed by atoms with E-state index in [-0.39, 0.29) is 30.6 Å². The topological polar surface area (TPSA) is 101 Å². The lowest BCUT2D eigenvalue weighted by atomic mass is 10.2. The zero-order valence-corrected chi connectivity index (χ0v) is 17.6. The molecule has 2 aromatic rings. The van der Waals surface area contributed by atoms with Gasteiger partial charge in [-0.3, -0.25) is 14.4 Å². The molecule has 9 heteroatoms. The number of ether oxygens (including phenoxy) is 1. The molecule has 1 aliphatic rings. The summed E-state index contributed by atoms with van der Waals surface area (Å²) in [7, 11) is 1.53. The second-order valence-corrected chi connectivity index (χ2v) is 8.10. The van der Waals surface area contributed by atoms with E-state index in [0.29, 0.717) is 22.1 Å². The van der Waals surface area contributed by atoms with Gasteiger partial charge in [-0.25, -0.2) is 4.98 Å². The van der Waals surface area contributed by atoms with Crippen molar-refractivity contribution in [2.75, 3.05) is 30.8 Å². The predicted molar refractivity (Wildman–Crippen MR) is 113 cm³/mol. The number of aromatic nitrogens is 1. The molecule has 1 aliphatic heterocycles. The van der Waals surface area contributed by atoms with Crippen molar-refractivity contribution < 1.29 is 19.1 Å². The minimum Gasteiger partial charge on any atom is -0.494 e. The normalized spacial score (nSPS) is 14.3. The summed E-state index contributed by atoms with van der Waals surface area (Å²) >= 11 is 1.30. The Balaban J connectivity index is 1.63. The molecular formula is C20H26N4O4S. The monoisotopic (exact) mass is 418 g/mol. The van der Waals surface area contributed by atoms with Crippen molar-refractivity contribution in [3.8, 4) is 5.75 Å². The van der Waals surface area contributed by atoms with E-state index in [4.69, 9.17) is 4.74 Å². The average Bonchev–Trinajstić information content (AvgIpc) is 2.89. The van der Waals surface area contributed by atoms with Crippen molar-refractivity contribution in [3.63, 3.8) is 0 Å². The zero-order valence-electron chi connectivity index (χ0n) is 16.7. The standard InChI is InChI=1S/C20H26N4O4S/c1-13(25)21-20-23-19-15(28-2)11-14(12-16(19)29-20)22-17(26)7-8-18(27)24-9-5-3-4-6-10-24/h11-12H,3-10H2,1-2H3,(H,22,26)(H,21,23,25). The number of fused-ring (bicyclic) bond motifs is 1. The fourth-order valence-electron chi connectivity index (χ4n) is 3.35. The highest BCUT2D eigenvalue weighted by Gasteiger charge is 2.17. The van der Waals surface area contributed by atoms with Gasteiger partial charge >= 0.3 is 0 Å². The van der Waals surface area contributed by atoms with Crippen LogP contribution in [-0.2, 0) is 14.4 Å². The summed E-state index contributed by atoms with van der Waals surface area (Å²) < 4.78 is 6.16. The minimum atomic E-state index is -0.221. The quantitative estimate of drug-likeness (QED) is 0.749. The van der Waals surface area contributed by atoms with Crippen LogP contribution in [0.15, 0.2) is 12.1 Å². The van der Waals surface area contributed by atoms with Crippen LogP contribution in [-0.4, -0.2) is 47.8 Å². The Morgan fingerprint density at radius 3 is 2.48 bits per heavy atom. The van der Waals surface area contributed by atoms with E-state index in [2.05, 4.69) is 15.6 Å². The fourth-order valence-corrected chi connectivity index (χ4v) is 4.32. The van der Waals surface area contributed by atoms with E-state index in [1.807, 2.05) is 4.90 Å². The van der Waals surface area contributed by atoms with Crippen LogP contribution in [0.2, 0.25) is 0 Å². The molecule has 8 nitrogen and oxygen atoms in total. The maximum absolute atomic E-state index is 12.4. The van der Waals surface area contributed by atoms with E-state index in [0.717, 1.165) is 43.5 Å². The van der Waals surface area contributed by atoms with Crippen LogP contribution >= 0.6 is 11.3 Å². The first-order valence-electron chi connectivity index (χ1n) is 9.80. The summed E-state index contributed by atoms with van der Waals surface area (Å²) in [5, 5.41) is 5.96. The highest BCUT2D eigenvalue weighted by molar-refractivity contribution is 7.22. The van der Waals surface area contributed by atoms with Crippen LogP contribution in [0.3, 0.4) is 0 Å². The Morgan fingerprint density at radius 1 is 1.10 bits per heavy atom. The number of nitrogens with one attached hydrogen (secondary N) is 2. The number of carbonyl (C=O) groups excluding carboxylic acids is 3. The largest absolute Gasteiger partial charge is 0.494 e.